The highest BCUT2D eigenvalue weighted by atomic mass is 35.5. The highest BCUT2D eigenvalue weighted by Gasteiger charge is 2.21. The lowest BCUT2D eigenvalue weighted by Gasteiger charge is -2.15. The number of ether oxygens (including phenoxy) is 1. The lowest BCUT2D eigenvalue weighted by Crippen LogP contribution is -2.28. The molecule has 1 N–H and O–H groups in total. The van der Waals surface area contributed by atoms with Crippen molar-refractivity contribution in [2.75, 3.05) is 6.61 Å². The number of imidazole rings is 1. The summed E-state index contributed by atoms with van der Waals surface area (Å²) in [5.41, 5.74) is 3.22. The Bertz CT molecular complexity index is 935. The monoisotopic (exact) mass is 341 g/mol. The maximum absolute atomic E-state index is 12.7. The molecule has 1 aliphatic rings. The first kappa shape index (κ1) is 15.0. The predicted octanol–water partition coefficient (Wildman–Crippen LogP) is 3.41. The van der Waals surface area contributed by atoms with Crippen LogP contribution < -0.4 is 10.1 Å². The zero-order valence-corrected chi connectivity index (χ0v) is 13.9. The molecular formula is C18H16ClN3O2. The van der Waals surface area contributed by atoms with E-state index in [0.717, 1.165) is 24.3 Å². The molecule has 1 atom stereocenters. The first-order valence-electron chi connectivity index (χ1n) is 7.82. The van der Waals surface area contributed by atoms with E-state index in [9.17, 15) is 4.79 Å². The summed E-state index contributed by atoms with van der Waals surface area (Å²) in [5.74, 6) is 0.685. The topological polar surface area (TPSA) is 55.6 Å². The number of amides is 1. The van der Waals surface area contributed by atoms with Crippen molar-refractivity contribution in [3.8, 4) is 5.75 Å². The molecule has 0 unspecified atom stereocenters. The summed E-state index contributed by atoms with van der Waals surface area (Å²) in [4.78, 5) is 16.9. The number of hydrogen-bond donors (Lipinski definition) is 1. The fourth-order valence-corrected chi connectivity index (χ4v) is 3.26. The Labute approximate surface area is 144 Å². The molecule has 1 aromatic carbocycles. The maximum Gasteiger partial charge on any atom is 0.272 e. The summed E-state index contributed by atoms with van der Waals surface area (Å²) < 4.78 is 7.22. The van der Waals surface area contributed by atoms with Gasteiger partial charge in [0.1, 0.15) is 11.4 Å². The minimum absolute atomic E-state index is 0.145. The van der Waals surface area contributed by atoms with Gasteiger partial charge in [0.2, 0.25) is 0 Å². The lowest BCUT2D eigenvalue weighted by atomic mass is 10.0. The number of aromatic nitrogens is 2. The van der Waals surface area contributed by atoms with Gasteiger partial charge in [0, 0.05) is 12.6 Å². The van der Waals surface area contributed by atoms with Crippen LogP contribution in [0.4, 0.5) is 0 Å². The Morgan fingerprint density at radius 3 is 3.12 bits per heavy atom. The second-order valence-corrected chi connectivity index (χ2v) is 6.20. The predicted molar refractivity (Wildman–Crippen MR) is 91.7 cm³/mol. The van der Waals surface area contributed by atoms with Crippen molar-refractivity contribution in [3.05, 3.63) is 64.6 Å². The van der Waals surface area contributed by atoms with Crippen molar-refractivity contribution in [3.63, 3.8) is 0 Å². The highest BCUT2D eigenvalue weighted by molar-refractivity contribution is 6.32. The van der Waals surface area contributed by atoms with Crippen LogP contribution in [0.5, 0.6) is 5.75 Å². The molecule has 3 heterocycles. The molecule has 3 aromatic rings. The molecule has 0 bridgehead atoms. The number of nitrogens with zero attached hydrogens (tertiary/aromatic N) is 2. The number of rotatable bonds is 3. The normalized spacial score (nSPS) is 14.2. The second-order valence-electron chi connectivity index (χ2n) is 5.84. The van der Waals surface area contributed by atoms with Crippen molar-refractivity contribution in [1.29, 1.82) is 0 Å². The summed E-state index contributed by atoms with van der Waals surface area (Å²) in [5, 5.41) is 3.20. The zero-order chi connectivity index (χ0) is 16.7. The van der Waals surface area contributed by atoms with Gasteiger partial charge in [-0.05, 0) is 42.3 Å². The number of pyridine rings is 1. The molecule has 0 saturated carbocycles. The summed E-state index contributed by atoms with van der Waals surface area (Å²) in [6.45, 7) is 2.67. The summed E-state index contributed by atoms with van der Waals surface area (Å²) >= 11 is 6.16. The van der Waals surface area contributed by atoms with Crippen LogP contribution in [0.2, 0.25) is 5.15 Å². The third-order valence-electron chi connectivity index (χ3n) is 4.26. The van der Waals surface area contributed by atoms with Gasteiger partial charge < -0.3 is 10.1 Å². The molecule has 0 aliphatic carbocycles. The number of hydrogen-bond acceptors (Lipinski definition) is 3. The van der Waals surface area contributed by atoms with Gasteiger partial charge in [-0.25, -0.2) is 4.98 Å². The summed E-state index contributed by atoms with van der Waals surface area (Å²) in [6.07, 6.45) is 2.68. The highest BCUT2D eigenvalue weighted by Crippen LogP contribution is 2.28. The Hall–Kier alpha value is -2.53. The van der Waals surface area contributed by atoms with E-state index >= 15 is 0 Å². The maximum atomic E-state index is 12.7. The SMILES string of the molecule is C[C@@H](NC(=O)c1c(Cl)nc2ccccn12)c1ccc2c(c1)CCO2. The largest absolute Gasteiger partial charge is 0.493 e. The Morgan fingerprint density at radius 1 is 1.38 bits per heavy atom. The fourth-order valence-electron chi connectivity index (χ4n) is 2.99. The number of nitrogens with one attached hydrogen (secondary N) is 1. The third-order valence-corrected chi connectivity index (χ3v) is 4.53. The van der Waals surface area contributed by atoms with E-state index in [0.29, 0.717) is 11.3 Å². The van der Waals surface area contributed by atoms with Gasteiger partial charge >= 0.3 is 0 Å². The lowest BCUT2D eigenvalue weighted by molar-refractivity contribution is 0.0934. The quantitative estimate of drug-likeness (QED) is 0.794. The van der Waals surface area contributed by atoms with E-state index in [-0.39, 0.29) is 17.1 Å². The molecular weight excluding hydrogens is 326 g/mol. The van der Waals surface area contributed by atoms with Crippen LogP contribution in [0.15, 0.2) is 42.6 Å². The molecule has 5 nitrogen and oxygen atoms in total. The Morgan fingerprint density at radius 2 is 2.25 bits per heavy atom. The van der Waals surface area contributed by atoms with Crippen LogP contribution in [0.3, 0.4) is 0 Å². The van der Waals surface area contributed by atoms with E-state index in [1.807, 2.05) is 37.3 Å². The van der Waals surface area contributed by atoms with Crippen molar-refractivity contribution < 1.29 is 9.53 Å². The minimum Gasteiger partial charge on any atom is -0.493 e. The van der Waals surface area contributed by atoms with Crippen molar-refractivity contribution in [2.45, 2.75) is 19.4 Å². The molecule has 0 radical (unpaired) electrons. The van der Waals surface area contributed by atoms with Crippen LogP contribution >= 0.6 is 11.6 Å². The molecule has 2 aromatic heterocycles. The number of halogens is 1. The van der Waals surface area contributed by atoms with Crippen molar-refractivity contribution in [1.82, 2.24) is 14.7 Å². The van der Waals surface area contributed by atoms with Crippen LogP contribution in [0.1, 0.15) is 34.6 Å². The van der Waals surface area contributed by atoms with Gasteiger partial charge in [0.25, 0.3) is 5.91 Å². The van der Waals surface area contributed by atoms with Crippen LogP contribution in [0, 0.1) is 0 Å². The third kappa shape index (κ3) is 2.51. The smallest absolute Gasteiger partial charge is 0.272 e. The summed E-state index contributed by atoms with van der Waals surface area (Å²) in [6, 6.07) is 11.4. The van der Waals surface area contributed by atoms with Gasteiger partial charge in [-0.3, -0.25) is 9.20 Å². The van der Waals surface area contributed by atoms with Gasteiger partial charge in [-0.1, -0.05) is 23.7 Å². The van der Waals surface area contributed by atoms with E-state index in [2.05, 4.69) is 16.4 Å². The van der Waals surface area contributed by atoms with Crippen molar-refractivity contribution >= 4 is 23.2 Å². The van der Waals surface area contributed by atoms with E-state index in [1.165, 1.54) is 5.56 Å². The molecule has 6 heteroatoms. The standard InChI is InChI=1S/C18H16ClN3O2/c1-11(12-5-6-14-13(10-12)7-9-24-14)20-18(23)16-17(19)21-15-4-2-3-8-22(15)16/h2-6,8,10-11H,7,9H2,1H3,(H,20,23)/t11-/m1/s1. The number of carbonyl (C=O) groups is 1. The minimum atomic E-state index is -0.247. The Kier molecular flexibility index (Phi) is 3.65. The van der Waals surface area contributed by atoms with Crippen LogP contribution in [-0.2, 0) is 6.42 Å². The molecule has 0 saturated heterocycles. The first-order valence-corrected chi connectivity index (χ1v) is 8.20. The molecule has 24 heavy (non-hydrogen) atoms. The fraction of sp³-hybridized carbons (Fsp3) is 0.222. The number of benzene rings is 1. The van der Waals surface area contributed by atoms with Gasteiger partial charge in [-0.2, -0.15) is 0 Å². The zero-order valence-electron chi connectivity index (χ0n) is 13.1. The van der Waals surface area contributed by atoms with E-state index < -0.39 is 0 Å². The number of fused-ring (bicyclic) bond motifs is 2. The first-order chi connectivity index (χ1) is 11.6. The van der Waals surface area contributed by atoms with Gasteiger partial charge in [0.15, 0.2) is 10.8 Å². The Balaban J connectivity index is 1.60. The average molecular weight is 342 g/mol. The van der Waals surface area contributed by atoms with Gasteiger partial charge in [-0.15, -0.1) is 0 Å². The van der Waals surface area contributed by atoms with Gasteiger partial charge in [0.05, 0.1) is 12.6 Å². The van der Waals surface area contributed by atoms with Crippen LogP contribution in [0.25, 0.3) is 5.65 Å². The number of carbonyl (C=O) groups excluding carboxylic acids is 1. The van der Waals surface area contributed by atoms with Crippen molar-refractivity contribution in [2.24, 2.45) is 0 Å². The average Bonchev–Trinajstić information content (AvgIpc) is 3.16. The summed E-state index contributed by atoms with van der Waals surface area (Å²) in [7, 11) is 0. The van der Waals surface area contributed by atoms with Crippen LogP contribution in [-0.4, -0.2) is 21.9 Å². The molecule has 1 amide bonds. The molecule has 1 aliphatic heterocycles. The molecule has 0 spiro atoms. The second kappa shape index (κ2) is 5.83. The van der Waals surface area contributed by atoms with E-state index in [4.69, 9.17) is 16.3 Å². The molecule has 122 valence electrons. The molecule has 4 rings (SSSR count). The van der Waals surface area contributed by atoms with E-state index in [1.54, 1.807) is 10.6 Å². The molecule has 0 fully saturated rings.